The zero-order valence-electron chi connectivity index (χ0n) is 27.6. The minimum absolute atomic E-state index is 0.592. The SMILES string of the molecule is Cc1cccc(-c2cccc(C#N)c2-c2ccc(-n3c4ccccc4c4cc(C#N)ccc43)cc2)c1-n1c2ccccc2c2cc(C#N)ccc21. The lowest BCUT2D eigenvalue weighted by atomic mass is 9.89. The smallest absolute Gasteiger partial charge is 0.0998 e. The van der Waals surface area contributed by atoms with Crippen LogP contribution in [-0.2, 0) is 0 Å². The number of aromatic nitrogens is 2. The average molecular weight is 650 g/mol. The summed E-state index contributed by atoms with van der Waals surface area (Å²) >= 11 is 0. The maximum Gasteiger partial charge on any atom is 0.0998 e. The van der Waals surface area contributed by atoms with Crippen LogP contribution in [0.2, 0.25) is 0 Å². The van der Waals surface area contributed by atoms with E-state index >= 15 is 0 Å². The van der Waals surface area contributed by atoms with Gasteiger partial charge in [-0.05, 0) is 90.3 Å². The van der Waals surface area contributed by atoms with E-state index in [-0.39, 0.29) is 0 Å². The number of hydrogen-bond donors (Lipinski definition) is 0. The molecule has 0 saturated heterocycles. The Hall–Kier alpha value is -7.39. The molecule has 0 aliphatic heterocycles. The monoisotopic (exact) mass is 649 g/mol. The summed E-state index contributed by atoms with van der Waals surface area (Å²) in [5.41, 5.74) is 12.9. The van der Waals surface area contributed by atoms with Crippen LogP contribution in [0.15, 0.2) is 146 Å². The van der Waals surface area contributed by atoms with Crippen LogP contribution < -0.4 is 0 Å². The lowest BCUT2D eigenvalue weighted by Crippen LogP contribution is -2.02. The van der Waals surface area contributed by atoms with Gasteiger partial charge in [0.1, 0.15) is 0 Å². The average Bonchev–Trinajstić information content (AvgIpc) is 3.69. The van der Waals surface area contributed by atoms with E-state index in [1.807, 2.05) is 72.8 Å². The second kappa shape index (κ2) is 11.6. The Morgan fingerprint density at radius 1 is 0.451 bits per heavy atom. The molecule has 0 spiro atoms. The third-order valence-corrected chi connectivity index (χ3v) is 9.95. The van der Waals surface area contributed by atoms with Crippen molar-refractivity contribution in [2.24, 2.45) is 0 Å². The Kier molecular flexibility index (Phi) is 6.78. The molecule has 9 aromatic rings. The zero-order valence-corrected chi connectivity index (χ0v) is 27.6. The molecule has 0 radical (unpaired) electrons. The minimum Gasteiger partial charge on any atom is -0.309 e. The molecular formula is C46H27N5. The summed E-state index contributed by atoms with van der Waals surface area (Å²) < 4.78 is 4.52. The van der Waals surface area contributed by atoms with E-state index in [0.29, 0.717) is 16.7 Å². The molecule has 51 heavy (non-hydrogen) atoms. The Morgan fingerprint density at radius 2 is 1.00 bits per heavy atom. The predicted octanol–water partition coefficient (Wildman–Crippen LogP) is 11.1. The van der Waals surface area contributed by atoms with Crippen molar-refractivity contribution in [2.45, 2.75) is 6.92 Å². The van der Waals surface area contributed by atoms with E-state index in [0.717, 1.165) is 82.8 Å². The van der Waals surface area contributed by atoms with Gasteiger partial charge < -0.3 is 9.13 Å². The highest BCUT2D eigenvalue weighted by Gasteiger charge is 2.21. The third-order valence-electron chi connectivity index (χ3n) is 9.95. The summed E-state index contributed by atoms with van der Waals surface area (Å²) in [6.07, 6.45) is 0. The largest absolute Gasteiger partial charge is 0.309 e. The van der Waals surface area contributed by atoms with Crippen LogP contribution in [0.4, 0.5) is 0 Å². The molecule has 0 N–H and O–H groups in total. The summed E-state index contributed by atoms with van der Waals surface area (Å²) in [6.45, 7) is 2.12. The molecule has 0 bridgehead atoms. The van der Waals surface area contributed by atoms with Crippen molar-refractivity contribution in [3.8, 4) is 51.8 Å². The number of para-hydroxylation sites is 3. The van der Waals surface area contributed by atoms with Crippen molar-refractivity contribution in [3.05, 3.63) is 168 Å². The fourth-order valence-electron chi connectivity index (χ4n) is 7.74. The number of nitrogens with zero attached hydrogens (tertiary/aromatic N) is 5. The second-order valence-electron chi connectivity index (χ2n) is 12.8. The van der Waals surface area contributed by atoms with Gasteiger partial charge in [0.15, 0.2) is 0 Å². The molecule has 2 heterocycles. The molecule has 7 aromatic carbocycles. The number of hydrogen-bond acceptors (Lipinski definition) is 3. The highest BCUT2D eigenvalue weighted by atomic mass is 15.0. The Morgan fingerprint density at radius 3 is 1.63 bits per heavy atom. The van der Waals surface area contributed by atoms with Gasteiger partial charge in [-0.1, -0.05) is 78.9 Å². The molecule has 0 amide bonds. The molecule has 0 fully saturated rings. The molecule has 0 unspecified atom stereocenters. The van der Waals surface area contributed by atoms with Crippen molar-refractivity contribution in [3.63, 3.8) is 0 Å². The molecule has 236 valence electrons. The third kappa shape index (κ3) is 4.53. The second-order valence-corrected chi connectivity index (χ2v) is 12.8. The van der Waals surface area contributed by atoms with Crippen molar-refractivity contribution < 1.29 is 0 Å². The van der Waals surface area contributed by atoms with Gasteiger partial charge in [-0.25, -0.2) is 0 Å². The van der Waals surface area contributed by atoms with Gasteiger partial charge in [0, 0.05) is 38.4 Å². The van der Waals surface area contributed by atoms with Gasteiger partial charge in [0.05, 0.1) is 62.7 Å². The minimum atomic E-state index is 0.592. The summed E-state index contributed by atoms with van der Waals surface area (Å²) in [5.74, 6) is 0. The molecule has 2 aromatic heterocycles. The van der Waals surface area contributed by atoms with Gasteiger partial charge in [0.2, 0.25) is 0 Å². The quantitative estimate of drug-likeness (QED) is 0.190. The molecule has 0 aliphatic rings. The van der Waals surface area contributed by atoms with Gasteiger partial charge in [-0.3, -0.25) is 0 Å². The Balaban J connectivity index is 1.26. The van der Waals surface area contributed by atoms with Gasteiger partial charge in [-0.2, -0.15) is 15.8 Å². The molecule has 0 aliphatic carbocycles. The van der Waals surface area contributed by atoms with Crippen LogP contribution in [-0.4, -0.2) is 9.13 Å². The van der Waals surface area contributed by atoms with Crippen molar-refractivity contribution in [1.29, 1.82) is 15.8 Å². The molecule has 0 atom stereocenters. The Labute approximate surface area is 294 Å². The fraction of sp³-hybridized carbons (Fsp3) is 0.0217. The number of nitriles is 3. The van der Waals surface area contributed by atoms with Gasteiger partial charge in [0.25, 0.3) is 0 Å². The van der Waals surface area contributed by atoms with Crippen molar-refractivity contribution in [1.82, 2.24) is 9.13 Å². The number of rotatable bonds is 4. The summed E-state index contributed by atoms with van der Waals surface area (Å²) in [4.78, 5) is 0. The number of aryl methyl sites for hydroxylation is 1. The normalized spacial score (nSPS) is 11.2. The van der Waals surface area contributed by atoms with Crippen LogP contribution in [0.5, 0.6) is 0 Å². The van der Waals surface area contributed by atoms with Crippen LogP contribution in [0.3, 0.4) is 0 Å². The van der Waals surface area contributed by atoms with Crippen LogP contribution >= 0.6 is 0 Å². The van der Waals surface area contributed by atoms with Crippen LogP contribution in [0.1, 0.15) is 22.3 Å². The molecular weight excluding hydrogens is 623 g/mol. The van der Waals surface area contributed by atoms with E-state index in [4.69, 9.17) is 0 Å². The predicted molar refractivity (Wildman–Crippen MR) is 205 cm³/mol. The first-order valence-corrected chi connectivity index (χ1v) is 16.7. The summed E-state index contributed by atoms with van der Waals surface area (Å²) in [7, 11) is 0. The molecule has 5 heteroatoms. The molecule has 0 saturated carbocycles. The van der Waals surface area contributed by atoms with Crippen molar-refractivity contribution in [2.75, 3.05) is 0 Å². The van der Waals surface area contributed by atoms with Crippen LogP contribution in [0.25, 0.3) is 77.2 Å². The standard InChI is InChI=1S/C46H27N5/c1-29-8-6-13-38(46(29)51-42-15-5-3-11-36(42)40-25-31(27-48)17-23-44(40)51)37-12-7-9-33(28-49)45(37)32-18-20-34(21-19-32)50-41-14-4-2-10-35(41)39-24-30(26-47)16-22-43(39)50/h2-25H,1H3. The summed E-state index contributed by atoms with van der Waals surface area (Å²) in [6, 6.07) is 56.0. The number of fused-ring (bicyclic) bond motifs is 6. The summed E-state index contributed by atoms with van der Waals surface area (Å²) in [5, 5.41) is 34.0. The zero-order chi connectivity index (χ0) is 34.6. The molecule has 9 rings (SSSR count). The topological polar surface area (TPSA) is 81.2 Å². The first-order valence-electron chi connectivity index (χ1n) is 16.7. The highest BCUT2D eigenvalue weighted by Crippen LogP contribution is 2.42. The number of benzene rings is 7. The highest BCUT2D eigenvalue weighted by molar-refractivity contribution is 6.11. The Bertz CT molecular complexity index is 3010. The lowest BCUT2D eigenvalue weighted by Gasteiger charge is -2.20. The van der Waals surface area contributed by atoms with E-state index in [2.05, 4.69) is 107 Å². The van der Waals surface area contributed by atoms with E-state index < -0.39 is 0 Å². The van der Waals surface area contributed by atoms with Crippen LogP contribution in [0, 0.1) is 40.9 Å². The van der Waals surface area contributed by atoms with Crippen molar-refractivity contribution >= 4 is 43.6 Å². The van der Waals surface area contributed by atoms with Gasteiger partial charge >= 0.3 is 0 Å². The maximum atomic E-state index is 10.5. The van der Waals surface area contributed by atoms with E-state index in [9.17, 15) is 15.8 Å². The van der Waals surface area contributed by atoms with Gasteiger partial charge in [-0.15, -0.1) is 0 Å². The van der Waals surface area contributed by atoms with E-state index in [1.165, 1.54) is 0 Å². The lowest BCUT2D eigenvalue weighted by molar-refractivity contribution is 1.15. The first-order chi connectivity index (χ1) is 25.1. The molecule has 5 nitrogen and oxygen atoms in total. The fourth-order valence-corrected chi connectivity index (χ4v) is 7.74. The maximum absolute atomic E-state index is 10.5. The van der Waals surface area contributed by atoms with E-state index in [1.54, 1.807) is 0 Å². The first kappa shape index (κ1) is 29.7.